The number of pyridine rings is 1. The number of nitrogens with two attached hydrogens (primary N) is 1. The number of ether oxygens (including phenoxy) is 2. The van der Waals surface area contributed by atoms with Crippen LogP contribution in [0.1, 0.15) is 41.4 Å². The van der Waals surface area contributed by atoms with Crippen LogP contribution in [0.5, 0.6) is 11.5 Å². The number of nitrogen functional groups attached to an aromatic ring is 1. The summed E-state index contributed by atoms with van der Waals surface area (Å²) >= 11 is 1.26. The summed E-state index contributed by atoms with van der Waals surface area (Å²) in [4.78, 5) is 22.6. The molecule has 4 heterocycles. The highest BCUT2D eigenvalue weighted by atomic mass is 32.1. The van der Waals surface area contributed by atoms with Crippen LogP contribution in [-0.4, -0.2) is 56.0 Å². The highest BCUT2D eigenvalue weighted by Gasteiger charge is 2.49. The molecule has 13 heteroatoms. The van der Waals surface area contributed by atoms with Gasteiger partial charge in [0, 0.05) is 16.7 Å². The molecule has 2 aromatic carbocycles. The number of benzene rings is 2. The fourth-order valence-corrected chi connectivity index (χ4v) is 6.48. The highest BCUT2D eigenvalue weighted by molar-refractivity contribution is 7.22. The highest BCUT2D eigenvalue weighted by Crippen LogP contribution is 2.50. The molecule has 1 fully saturated rings. The minimum atomic E-state index is -1.49. The molecule has 2 atom stereocenters. The standard InChI is InChI=1S/C30H28FN7O4S/c1-29(38-14-34-35-15-38)13-42-26-20(29)11-23(36-24(26)16-3-7-19(31)8-4-16)30(40,18-5-6-18)12-33-27(39)17-9-21(41-2)25-22(10-17)43-28(32)37-25/h3-4,7-11,14-15,18,40H,5-6,12-13H2,1-2H3,(H2,32,37)(H,33,39)/t29-,30+/m0/s1. The maximum atomic E-state index is 13.9. The van der Waals surface area contributed by atoms with E-state index in [0.717, 1.165) is 23.1 Å². The van der Waals surface area contributed by atoms with Gasteiger partial charge in [-0.15, -0.1) is 10.2 Å². The fraction of sp³-hybridized carbons (Fsp3) is 0.300. The lowest BCUT2D eigenvalue weighted by molar-refractivity contribution is 0.00945. The van der Waals surface area contributed by atoms with Crippen LogP contribution >= 0.6 is 11.3 Å². The number of fused-ring (bicyclic) bond motifs is 2. The maximum absolute atomic E-state index is 13.9. The Kier molecular flexibility index (Phi) is 6.32. The molecule has 1 aliphatic carbocycles. The van der Waals surface area contributed by atoms with Gasteiger partial charge >= 0.3 is 0 Å². The molecule has 1 saturated carbocycles. The average molecular weight is 602 g/mol. The largest absolute Gasteiger partial charge is 0.494 e. The Morgan fingerprint density at radius 2 is 1.98 bits per heavy atom. The number of amides is 1. The van der Waals surface area contributed by atoms with E-state index in [1.807, 2.05) is 17.6 Å². The first-order valence-electron chi connectivity index (χ1n) is 13.7. The minimum absolute atomic E-state index is 0.0828. The summed E-state index contributed by atoms with van der Waals surface area (Å²) in [6.07, 6.45) is 4.78. The van der Waals surface area contributed by atoms with Crippen molar-refractivity contribution in [2.45, 2.75) is 30.9 Å². The molecule has 220 valence electrons. The second kappa shape index (κ2) is 9.99. The van der Waals surface area contributed by atoms with Gasteiger partial charge in [0.05, 0.1) is 24.0 Å². The predicted molar refractivity (Wildman–Crippen MR) is 157 cm³/mol. The van der Waals surface area contributed by atoms with Crippen LogP contribution in [0.15, 0.2) is 55.1 Å². The Balaban J connectivity index is 1.29. The Morgan fingerprint density at radius 1 is 1.23 bits per heavy atom. The smallest absolute Gasteiger partial charge is 0.251 e. The van der Waals surface area contributed by atoms with Crippen LogP contribution in [0, 0.1) is 11.7 Å². The lowest BCUT2D eigenvalue weighted by atomic mass is 9.86. The molecule has 0 bridgehead atoms. The number of rotatable bonds is 8. The second-order valence-electron chi connectivity index (χ2n) is 11.1. The first-order valence-corrected chi connectivity index (χ1v) is 14.6. The van der Waals surface area contributed by atoms with Crippen molar-refractivity contribution < 1.29 is 23.8 Å². The van der Waals surface area contributed by atoms with E-state index in [2.05, 4.69) is 20.5 Å². The van der Waals surface area contributed by atoms with Crippen molar-refractivity contribution in [1.29, 1.82) is 0 Å². The summed E-state index contributed by atoms with van der Waals surface area (Å²) in [6.45, 7) is 2.19. The number of methoxy groups -OCH3 is 1. The van der Waals surface area contributed by atoms with Crippen molar-refractivity contribution in [3.63, 3.8) is 0 Å². The molecule has 43 heavy (non-hydrogen) atoms. The molecule has 0 unspecified atom stereocenters. The molecule has 0 radical (unpaired) electrons. The number of carbonyl (C=O) groups excluding carboxylic acids is 1. The number of nitrogens with zero attached hydrogens (tertiary/aromatic N) is 5. The molecule has 1 aliphatic heterocycles. The van der Waals surface area contributed by atoms with Crippen molar-refractivity contribution in [2.24, 2.45) is 5.92 Å². The molecule has 1 amide bonds. The molecule has 11 nitrogen and oxygen atoms in total. The zero-order valence-corrected chi connectivity index (χ0v) is 24.2. The van der Waals surface area contributed by atoms with Crippen molar-refractivity contribution in [3.8, 4) is 22.8 Å². The number of carbonyl (C=O) groups is 1. The monoisotopic (exact) mass is 601 g/mol. The van der Waals surface area contributed by atoms with E-state index >= 15 is 0 Å². The van der Waals surface area contributed by atoms with Crippen molar-refractivity contribution in [1.82, 2.24) is 30.0 Å². The second-order valence-corrected chi connectivity index (χ2v) is 12.2. The van der Waals surface area contributed by atoms with E-state index in [9.17, 15) is 14.3 Å². The average Bonchev–Trinajstić information content (AvgIpc) is 3.41. The Labute approximate surface area is 249 Å². The molecule has 3 aromatic heterocycles. The van der Waals surface area contributed by atoms with Crippen LogP contribution in [0.25, 0.3) is 21.5 Å². The van der Waals surface area contributed by atoms with Crippen LogP contribution < -0.4 is 20.5 Å². The summed E-state index contributed by atoms with van der Waals surface area (Å²) in [7, 11) is 1.51. The zero-order chi connectivity index (χ0) is 29.9. The lowest BCUT2D eigenvalue weighted by Gasteiger charge is -2.30. The third-order valence-corrected chi connectivity index (χ3v) is 9.16. The minimum Gasteiger partial charge on any atom is -0.494 e. The van der Waals surface area contributed by atoms with E-state index in [1.54, 1.807) is 36.9 Å². The molecule has 4 N–H and O–H groups in total. The van der Waals surface area contributed by atoms with E-state index in [0.29, 0.717) is 44.7 Å². The summed E-state index contributed by atoms with van der Waals surface area (Å²) in [5.74, 6) is 0.0911. The molecule has 0 spiro atoms. The SMILES string of the molecule is COc1cc(C(=O)NC[C@](O)(c2cc3c(c(-c4ccc(F)cc4)n2)OC[C@]3(C)n2cnnc2)C2CC2)cc2sc(N)nc12. The number of hydrogen-bond donors (Lipinski definition) is 3. The van der Waals surface area contributed by atoms with Crippen LogP contribution in [0.4, 0.5) is 9.52 Å². The first kappa shape index (κ1) is 27.2. The van der Waals surface area contributed by atoms with Gasteiger partial charge in [-0.1, -0.05) is 11.3 Å². The molecule has 5 aromatic rings. The van der Waals surface area contributed by atoms with Gasteiger partial charge in [-0.05, 0) is 68.1 Å². The van der Waals surface area contributed by atoms with E-state index in [1.165, 1.54) is 30.6 Å². The molecule has 7 rings (SSSR count). The van der Waals surface area contributed by atoms with Gasteiger partial charge in [0.15, 0.2) is 10.9 Å². The third-order valence-electron chi connectivity index (χ3n) is 8.33. The van der Waals surface area contributed by atoms with E-state index in [4.69, 9.17) is 20.2 Å². The molecule has 2 aliphatic rings. The van der Waals surface area contributed by atoms with Crippen LogP contribution in [-0.2, 0) is 11.1 Å². The van der Waals surface area contributed by atoms with Gasteiger partial charge in [-0.2, -0.15) is 0 Å². The molecule has 0 saturated heterocycles. The number of halogens is 1. The van der Waals surface area contributed by atoms with Gasteiger partial charge in [-0.25, -0.2) is 14.4 Å². The lowest BCUT2D eigenvalue weighted by Crippen LogP contribution is -2.43. The number of aromatic nitrogens is 5. The van der Waals surface area contributed by atoms with Gasteiger partial charge < -0.3 is 30.2 Å². The van der Waals surface area contributed by atoms with E-state index < -0.39 is 11.1 Å². The Morgan fingerprint density at radius 3 is 2.67 bits per heavy atom. The van der Waals surface area contributed by atoms with Crippen LogP contribution in [0.3, 0.4) is 0 Å². The third kappa shape index (κ3) is 4.55. The summed E-state index contributed by atoms with van der Waals surface area (Å²) in [5, 5.41) is 23.5. The predicted octanol–water partition coefficient (Wildman–Crippen LogP) is 3.86. The van der Waals surface area contributed by atoms with Crippen molar-refractivity contribution >= 4 is 32.6 Å². The maximum Gasteiger partial charge on any atom is 0.251 e. The summed E-state index contributed by atoms with van der Waals surface area (Å²) in [5.41, 5.74) is 6.94. The Bertz CT molecular complexity index is 1860. The topological polar surface area (TPSA) is 150 Å². The number of hydrogen-bond acceptors (Lipinski definition) is 10. The van der Waals surface area contributed by atoms with Crippen LogP contribution in [0.2, 0.25) is 0 Å². The summed E-state index contributed by atoms with van der Waals surface area (Å²) in [6, 6.07) is 11.1. The van der Waals surface area contributed by atoms with Gasteiger partial charge in [0.2, 0.25) is 0 Å². The first-order chi connectivity index (χ1) is 20.7. The normalized spacial score (nSPS) is 19.1. The molecular weight excluding hydrogens is 573 g/mol. The van der Waals surface area contributed by atoms with E-state index in [-0.39, 0.29) is 30.8 Å². The van der Waals surface area contributed by atoms with Gasteiger partial charge in [-0.3, -0.25) is 4.79 Å². The van der Waals surface area contributed by atoms with Gasteiger partial charge in [0.1, 0.15) is 53.2 Å². The van der Waals surface area contributed by atoms with Gasteiger partial charge in [0.25, 0.3) is 5.91 Å². The van der Waals surface area contributed by atoms with Crippen molar-refractivity contribution in [3.05, 3.63) is 77.8 Å². The van der Waals surface area contributed by atoms with Crippen molar-refractivity contribution in [2.75, 3.05) is 26.0 Å². The fourth-order valence-electron chi connectivity index (χ4n) is 5.69. The number of anilines is 1. The quantitative estimate of drug-likeness (QED) is 0.241. The molecular formula is C30H28FN7O4S. The Hall–Kier alpha value is -4.62. The number of aliphatic hydroxyl groups is 1. The number of thiazole rings is 1. The number of nitrogens with one attached hydrogen (secondary N) is 1. The summed E-state index contributed by atoms with van der Waals surface area (Å²) < 4.78 is 28.1. The zero-order valence-electron chi connectivity index (χ0n) is 23.4.